The van der Waals surface area contributed by atoms with E-state index in [-0.39, 0.29) is 22.1 Å². The fraction of sp³-hybridized carbons (Fsp3) is 0.333. The van der Waals surface area contributed by atoms with E-state index in [2.05, 4.69) is 0 Å². The summed E-state index contributed by atoms with van der Waals surface area (Å²) in [4.78, 5) is 27.1. The van der Waals surface area contributed by atoms with Gasteiger partial charge < -0.3 is 19.8 Å². The Morgan fingerprint density at radius 2 is 1.94 bits per heavy atom. The van der Waals surface area contributed by atoms with Crippen molar-refractivity contribution < 1.29 is 24.5 Å². The average Bonchev–Trinajstić information content (AvgIpc) is 2.99. The first-order valence-corrected chi connectivity index (χ1v) is 10.6. The van der Waals surface area contributed by atoms with Gasteiger partial charge >= 0.3 is 0 Å². The van der Waals surface area contributed by atoms with Crippen LogP contribution in [-0.4, -0.2) is 40.0 Å². The van der Waals surface area contributed by atoms with Crippen molar-refractivity contribution in [2.45, 2.75) is 33.2 Å². The molecule has 2 aromatic rings. The quantitative estimate of drug-likeness (QED) is 0.360. The van der Waals surface area contributed by atoms with E-state index >= 15 is 0 Å². The second-order valence-corrected chi connectivity index (χ2v) is 8.34. The monoisotopic (exact) mass is 443 g/mol. The number of benzene rings is 2. The van der Waals surface area contributed by atoms with Crippen LogP contribution in [0.4, 0.5) is 0 Å². The summed E-state index contributed by atoms with van der Waals surface area (Å²) in [6, 6.07) is 10.5. The van der Waals surface area contributed by atoms with Gasteiger partial charge in [0.1, 0.15) is 17.3 Å². The lowest BCUT2D eigenvalue weighted by Crippen LogP contribution is -2.30. The first-order valence-electron chi connectivity index (χ1n) is 10.2. The molecule has 1 unspecified atom stereocenters. The molecule has 0 bridgehead atoms. The third-order valence-corrected chi connectivity index (χ3v) is 5.29. The van der Waals surface area contributed by atoms with Crippen LogP contribution in [0, 0.1) is 5.92 Å². The predicted octanol–water partition coefficient (Wildman–Crippen LogP) is 4.91. The fourth-order valence-corrected chi connectivity index (χ4v) is 3.73. The highest BCUT2D eigenvalue weighted by molar-refractivity contribution is 6.46. The topological polar surface area (TPSA) is 87.1 Å². The number of nitrogens with zero attached hydrogens (tertiary/aromatic N) is 1. The van der Waals surface area contributed by atoms with E-state index in [0.29, 0.717) is 42.4 Å². The summed E-state index contributed by atoms with van der Waals surface area (Å²) in [6.07, 6.45) is 0.633. The SMILES string of the molecule is CCCN1C(=O)C(=O)/C(=C(\O)c2cccc(OCC(C)C)c2)C1c1ccc(O)c(Cl)c1. The van der Waals surface area contributed by atoms with Crippen molar-refractivity contribution in [1.29, 1.82) is 0 Å². The molecule has 2 aromatic carbocycles. The van der Waals surface area contributed by atoms with Gasteiger partial charge in [-0.05, 0) is 42.2 Å². The number of phenolic OH excluding ortho intramolecular Hbond substituents is 1. The van der Waals surface area contributed by atoms with Crippen LogP contribution in [-0.2, 0) is 9.59 Å². The molecule has 2 N–H and O–H groups in total. The van der Waals surface area contributed by atoms with Gasteiger partial charge in [0.05, 0.1) is 23.2 Å². The molecule has 3 rings (SSSR count). The molecule has 1 heterocycles. The summed E-state index contributed by atoms with van der Waals surface area (Å²) in [5.74, 6) is -0.923. The van der Waals surface area contributed by atoms with E-state index < -0.39 is 17.7 Å². The molecule has 0 radical (unpaired) electrons. The van der Waals surface area contributed by atoms with Gasteiger partial charge in [0.15, 0.2) is 0 Å². The van der Waals surface area contributed by atoms with E-state index in [1.807, 2.05) is 20.8 Å². The first-order chi connectivity index (χ1) is 14.7. The summed E-state index contributed by atoms with van der Waals surface area (Å²) in [5, 5.41) is 21.0. The molecule has 1 amide bonds. The number of ether oxygens (including phenoxy) is 1. The van der Waals surface area contributed by atoms with E-state index in [9.17, 15) is 19.8 Å². The third-order valence-electron chi connectivity index (χ3n) is 4.98. The number of halogens is 1. The second kappa shape index (κ2) is 9.43. The van der Waals surface area contributed by atoms with Crippen LogP contribution in [0.25, 0.3) is 5.76 Å². The number of carbonyl (C=O) groups excluding carboxylic acids is 2. The zero-order valence-electron chi connectivity index (χ0n) is 17.8. The normalized spacial score (nSPS) is 18.1. The fourth-order valence-electron chi connectivity index (χ4n) is 3.54. The maximum Gasteiger partial charge on any atom is 0.295 e. The van der Waals surface area contributed by atoms with Gasteiger partial charge in [0, 0.05) is 12.1 Å². The number of aromatic hydroxyl groups is 1. The zero-order chi connectivity index (χ0) is 22.7. The van der Waals surface area contributed by atoms with Crippen molar-refractivity contribution in [3.05, 3.63) is 64.2 Å². The molecule has 0 saturated carbocycles. The van der Waals surface area contributed by atoms with Crippen LogP contribution >= 0.6 is 11.6 Å². The molecule has 1 aliphatic rings. The molecule has 1 atom stereocenters. The minimum absolute atomic E-state index is 0.0128. The number of phenols is 1. The van der Waals surface area contributed by atoms with Crippen molar-refractivity contribution in [2.75, 3.05) is 13.2 Å². The molecule has 1 saturated heterocycles. The zero-order valence-corrected chi connectivity index (χ0v) is 18.5. The Hall–Kier alpha value is -2.99. The highest BCUT2D eigenvalue weighted by Gasteiger charge is 2.45. The molecule has 1 fully saturated rings. The summed E-state index contributed by atoms with van der Waals surface area (Å²) in [5.41, 5.74) is 0.899. The lowest BCUT2D eigenvalue weighted by atomic mass is 9.95. The molecule has 164 valence electrons. The van der Waals surface area contributed by atoms with Gasteiger partial charge in [-0.3, -0.25) is 9.59 Å². The van der Waals surface area contributed by atoms with Crippen molar-refractivity contribution in [1.82, 2.24) is 4.90 Å². The number of carbonyl (C=O) groups is 2. The van der Waals surface area contributed by atoms with Crippen molar-refractivity contribution in [2.24, 2.45) is 5.92 Å². The number of ketones is 1. The van der Waals surface area contributed by atoms with Gasteiger partial charge in [-0.1, -0.05) is 50.6 Å². The lowest BCUT2D eigenvalue weighted by Gasteiger charge is -2.25. The summed E-state index contributed by atoms with van der Waals surface area (Å²) >= 11 is 6.08. The Bertz CT molecular complexity index is 1030. The smallest absolute Gasteiger partial charge is 0.295 e. The number of rotatable bonds is 7. The van der Waals surface area contributed by atoms with E-state index in [4.69, 9.17) is 16.3 Å². The van der Waals surface area contributed by atoms with E-state index in [1.165, 1.54) is 17.0 Å². The van der Waals surface area contributed by atoms with Crippen molar-refractivity contribution in [3.8, 4) is 11.5 Å². The minimum atomic E-state index is -0.807. The van der Waals surface area contributed by atoms with E-state index in [0.717, 1.165) is 0 Å². The number of hydrogen-bond donors (Lipinski definition) is 2. The van der Waals surface area contributed by atoms with Gasteiger partial charge in [0.25, 0.3) is 11.7 Å². The maximum atomic E-state index is 12.9. The summed E-state index contributed by atoms with van der Waals surface area (Å²) in [6.45, 7) is 6.80. The Morgan fingerprint density at radius 1 is 1.19 bits per heavy atom. The molecule has 31 heavy (non-hydrogen) atoms. The van der Waals surface area contributed by atoms with Crippen LogP contribution in [0.1, 0.15) is 44.4 Å². The average molecular weight is 444 g/mol. The van der Waals surface area contributed by atoms with Gasteiger partial charge in [0.2, 0.25) is 0 Å². The Morgan fingerprint density at radius 3 is 2.58 bits per heavy atom. The molecular weight excluding hydrogens is 418 g/mol. The summed E-state index contributed by atoms with van der Waals surface area (Å²) < 4.78 is 5.73. The highest BCUT2D eigenvalue weighted by Crippen LogP contribution is 2.41. The number of aliphatic hydroxyl groups is 1. The van der Waals surface area contributed by atoms with Crippen LogP contribution in [0.15, 0.2) is 48.0 Å². The predicted molar refractivity (Wildman–Crippen MR) is 119 cm³/mol. The number of hydrogen-bond acceptors (Lipinski definition) is 5. The van der Waals surface area contributed by atoms with Gasteiger partial charge in [-0.2, -0.15) is 0 Å². The Labute approximate surface area is 186 Å². The largest absolute Gasteiger partial charge is 0.507 e. The molecule has 0 spiro atoms. The minimum Gasteiger partial charge on any atom is -0.507 e. The lowest BCUT2D eigenvalue weighted by molar-refractivity contribution is -0.139. The standard InChI is InChI=1S/C24H26ClNO5/c1-4-10-26-21(15-8-9-19(27)18(25)12-15)20(23(29)24(26)30)22(28)16-6-5-7-17(11-16)31-13-14(2)3/h5-9,11-12,14,21,27-28H,4,10,13H2,1-3H3/b22-20-. The molecule has 6 nitrogen and oxygen atoms in total. The Balaban J connectivity index is 2.11. The maximum absolute atomic E-state index is 12.9. The van der Waals surface area contributed by atoms with Crippen LogP contribution in [0.2, 0.25) is 5.02 Å². The third kappa shape index (κ3) is 4.69. The highest BCUT2D eigenvalue weighted by atomic mass is 35.5. The number of likely N-dealkylation sites (tertiary alicyclic amines) is 1. The molecule has 0 aliphatic carbocycles. The molecule has 1 aliphatic heterocycles. The number of Topliss-reactive ketones (excluding diaryl/α,β-unsaturated/α-hetero) is 1. The molecular formula is C24H26ClNO5. The van der Waals surface area contributed by atoms with Crippen LogP contribution in [0.3, 0.4) is 0 Å². The second-order valence-electron chi connectivity index (χ2n) is 7.94. The van der Waals surface area contributed by atoms with Gasteiger partial charge in [-0.15, -0.1) is 0 Å². The Kier molecular flexibility index (Phi) is 6.91. The van der Waals surface area contributed by atoms with Crippen LogP contribution < -0.4 is 4.74 Å². The number of aliphatic hydroxyl groups excluding tert-OH is 1. The van der Waals surface area contributed by atoms with Gasteiger partial charge in [-0.25, -0.2) is 0 Å². The molecule has 7 heteroatoms. The first kappa shape index (κ1) is 22.7. The van der Waals surface area contributed by atoms with Crippen LogP contribution in [0.5, 0.6) is 11.5 Å². The summed E-state index contributed by atoms with van der Waals surface area (Å²) in [7, 11) is 0. The van der Waals surface area contributed by atoms with Crippen molar-refractivity contribution >= 4 is 29.1 Å². The molecule has 0 aromatic heterocycles. The van der Waals surface area contributed by atoms with E-state index in [1.54, 1.807) is 30.3 Å². The number of amides is 1. The van der Waals surface area contributed by atoms with Crippen molar-refractivity contribution in [3.63, 3.8) is 0 Å².